The smallest absolute Gasteiger partial charge is 0.308 e. The van der Waals surface area contributed by atoms with Gasteiger partial charge in [-0.05, 0) is 31.2 Å². The van der Waals surface area contributed by atoms with Gasteiger partial charge in [-0.25, -0.2) is 0 Å². The Bertz CT molecular complexity index is 926. The van der Waals surface area contributed by atoms with Crippen LogP contribution in [0.3, 0.4) is 0 Å². The summed E-state index contributed by atoms with van der Waals surface area (Å²) in [4.78, 5) is 23.9. The molecule has 6 heteroatoms. The number of para-hydroxylation sites is 1. The third-order valence-electron chi connectivity index (χ3n) is 4.01. The number of ether oxygens (including phenoxy) is 4. The van der Waals surface area contributed by atoms with Gasteiger partial charge in [-0.2, -0.15) is 0 Å². The molecule has 0 fully saturated rings. The van der Waals surface area contributed by atoms with Crippen LogP contribution in [0.15, 0.2) is 36.1 Å². The zero-order valence-corrected chi connectivity index (χ0v) is 14.9. The first kappa shape index (κ1) is 17.5. The van der Waals surface area contributed by atoms with Crippen LogP contribution in [0.4, 0.5) is 0 Å². The first-order chi connectivity index (χ1) is 12.5. The molecule has 0 unspecified atom stereocenters. The van der Waals surface area contributed by atoms with E-state index in [0.717, 1.165) is 0 Å². The van der Waals surface area contributed by atoms with Crippen molar-refractivity contribution < 1.29 is 28.5 Å². The molecule has 0 bridgehead atoms. The van der Waals surface area contributed by atoms with E-state index in [9.17, 15) is 9.59 Å². The van der Waals surface area contributed by atoms with Gasteiger partial charge >= 0.3 is 5.97 Å². The number of Topliss-reactive ketones (excluding diaryl/α,β-unsaturated/α-hetero) is 1. The highest BCUT2D eigenvalue weighted by molar-refractivity contribution is 6.15. The standard InChI is InChI=1S/C20H18O6/c1-11-15(25-12(2)21)9-8-14-18(22)17(26-19(11)14)10-13-6-5-7-16(23-3)20(13)24-4/h5-10H,1-4H3/b17-10-. The van der Waals surface area contributed by atoms with E-state index in [1.165, 1.54) is 14.0 Å². The molecule has 0 saturated heterocycles. The van der Waals surface area contributed by atoms with Crippen molar-refractivity contribution in [3.63, 3.8) is 0 Å². The van der Waals surface area contributed by atoms with Gasteiger partial charge in [0.25, 0.3) is 0 Å². The van der Waals surface area contributed by atoms with E-state index < -0.39 is 5.97 Å². The van der Waals surface area contributed by atoms with Gasteiger partial charge in [0.15, 0.2) is 17.3 Å². The predicted octanol–water partition coefficient (Wildman–Crippen LogP) is 3.55. The molecule has 1 heterocycles. The molecule has 26 heavy (non-hydrogen) atoms. The molecule has 0 spiro atoms. The third-order valence-corrected chi connectivity index (χ3v) is 4.01. The Hall–Kier alpha value is -3.28. The number of rotatable bonds is 4. The van der Waals surface area contributed by atoms with Gasteiger partial charge in [-0.1, -0.05) is 12.1 Å². The second kappa shape index (κ2) is 6.92. The third kappa shape index (κ3) is 3.01. The summed E-state index contributed by atoms with van der Waals surface area (Å²) in [7, 11) is 3.07. The maximum absolute atomic E-state index is 12.7. The largest absolute Gasteiger partial charge is 0.493 e. The predicted molar refractivity (Wildman–Crippen MR) is 95.0 cm³/mol. The summed E-state index contributed by atoms with van der Waals surface area (Å²) in [5, 5.41) is 0. The molecule has 2 aromatic carbocycles. The highest BCUT2D eigenvalue weighted by atomic mass is 16.5. The number of benzene rings is 2. The van der Waals surface area contributed by atoms with Crippen LogP contribution in [-0.4, -0.2) is 26.0 Å². The van der Waals surface area contributed by atoms with Gasteiger partial charge in [0.05, 0.1) is 19.8 Å². The number of hydrogen-bond acceptors (Lipinski definition) is 6. The highest BCUT2D eigenvalue weighted by Crippen LogP contribution is 2.40. The Labute approximate surface area is 150 Å². The molecular formula is C20H18O6. The van der Waals surface area contributed by atoms with Crippen LogP contribution in [0.25, 0.3) is 6.08 Å². The molecule has 3 rings (SSSR count). The van der Waals surface area contributed by atoms with Crippen molar-refractivity contribution in [2.75, 3.05) is 14.2 Å². The van der Waals surface area contributed by atoms with Crippen LogP contribution in [0, 0.1) is 6.92 Å². The first-order valence-electron chi connectivity index (χ1n) is 7.93. The van der Waals surface area contributed by atoms with E-state index in [4.69, 9.17) is 18.9 Å². The number of fused-ring (bicyclic) bond motifs is 1. The number of ketones is 1. The molecule has 0 saturated carbocycles. The van der Waals surface area contributed by atoms with Crippen molar-refractivity contribution in [1.82, 2.24) is 0 Å². The maximum atomic E-state index is 12.7. The fraction of sp³-hybridized carbons (Fsp3) is 0.200. The Kier molecular flexibility index (Phi) is 4.67. The summed E-state index contributed by atoms with van der Waals surface area (Å²) in [5.74, 6) is 1.29. The van der Waals surface area contributed by atoms with Crippen molar-refractivity contribution in [3.8, 4) is 23.0 Å². The van der Waals surface area contributed by atoms with Crippen molar-refractivity contribution in [3.05, 3.63) is 52.8 Å². The Morgan fingerprint density at radius 2 is 1.85 bits per heavy atom. The van der Waals surface area contributed by atoms with Crippen molar-refractivity contribution >= 4 is 17.8 Å². The van der Waals surface area contributed by atoms with Crippen LogP contribution < -0.4 is 18.9 Å². The molecule has 0 aromatic heterocycles. The number of esters is 1. The van der Waals surface area contributed by atoms with Crippen molar-refractivity contribution in [1.29, 1.82) is 0 Å². The normalized spacial score (nSPS) is 14.0. The van der Waals surface area contributed by atoms with E-state index in [2.05, 4.69) is 0 Å². The molecule has 1 aliphatic rings. The lowest BCUT2D eigenvalue weighted by Crippen LogP contribution is -2.03. The molecule has 0 aliphatic carbocycles. The lowest BCUT2D eigenvalue weighted by molar-refractivity contribution is -0.131. The van der Waals surface area contributed by atoms with Crippen molar-refractivity contribution in [2.45, 2.75) is 13.8 Å². The molecule has 2 aromatic rings. The monoisotopic (exact) mass is 354 g/mol. The minimum Gasteiger partial charge on any atom is -0.493 e. The van der Waals surface area contributed by atoms with Gasteiger partial charge in [0, 0.05) is 18.1 Å². The quantitative estimate of drug-likeness (QED) is 0.475. The van der Waals surface area contributed by atoms with Gasteiger partial charge in [0.1, 0.15) is 11.5 Å². The average molecular weight is 354 g/mol. The summed E-state index contributed by atoms with van der Waals surface area (Å²) in [6.45, 7) is 3.05. The number of methoxy groups -OCH3 is 2. The zero-order chi connectivity index (χ0) is 18.8. The SMILES string of the molecule is COc1cccc(/C=C2\Oc3c(ccc(OC(C)=O)c3C)C2=O)c1OC. The highest BCUT2D eigenvalue weighted by Gasteiger charge is 2.30. The van der Waals surface area contributed by atoms with Crippen LogP contribution >= 0.6 is 0 Å². The minimum absolute atomic E-state index is 0.162. The van der Waals surface area contributed by atoms with E-state index in [1.807, 2.05) is 0 Å². The maximum Gasteiger partial charge on any atom is 0.308 e. The second-order valence-corrected chi connectivity index (χ2v) is 5.68. The first-order valence-corrected chi connectivity index (χ1v) is 7.93. The summed E-state index contributed by atoms with van der Waals surface area (Å²) in [5.41, 5.74) is 1.67. The lowest BCUT2D eigenvalue weighted by atomic mass is 10.1. The topological polar surface area (TPSA) is 71.1 Å². The summed E-state index contributed by atoms with van der Waals surface area (Å²) >= 11 is 0. The van der Waals surface area contributed by atoms with E-state index in [1.54, 1.807) is 50.4 Å². The van der Waals surface area contributed by atoms with E-state index in [0.29, 0.717) is 39.7 Å². The van der Waals surface area contributed by atoms with Crippen LogP contribution in [-0.2, 0) is 4.79 Å². The van der Waals surface area contributed by atoms with Crippen LogP contribution in [0.2, 0.25) is 0 Å². The number of carbonyl (C=O) groups is 2. The zero-order valence-electron chi connectivity index (χ0n) is 14.9. The molecular weight excluding hydrogens is 336 g/mol. The lowest BCUT2D eigenvalue weighted by Gasteiger charge is -2.10. The molecule has 0 amide bonds. The number of allylic oxidation sites excluding steroid dienone is 1. The molecule has 0 radical (unpaired) electrons. The summed E-state index contributed by atoms with van der Waals surface area (Å²) in [6, 6.07) is 8.54. The Morgan fingerprint density at radius 3 is 2.50 bits per heavy atom. The average Bonchev–Trinajstić information content (AvgIpc) is 2.93. The van der Waals surface area contributed by atoms with Gasteiger partial charge < -0.3 is 18.9 Å². The van der Waals surface area contributed by atoms with Crippen molar-refractivity contribution in [2.24, 2.45) is 0 Å². The van der Waals surface area contributed by atoms with E-state index >= 15 is 0 Å². The number of carbonyl (C=O) groups excluding carboxylic acids is 2. The van der Waals surface area contributed by atoms with Gasteiger partial charge in [-0.15, -0.1) is 0 Å². The summed E-state index contributed by atoms with van der Waals surface area (Å²) < 4.78 is 21.6. The Balaban J connectivity index is 2.02. The minimum atomic E-state index is -0.436. The molecule has 0 atom stereocenters. The molecule has 0 N–H and O–H groups in total. The molecule has 134 valence electrons. The number of hydrogen-bond donors (Lipinski definition) is 0. The fourth-order valence-corrected chi connectivity index (χ4v) is 2.80. The van der Waals surface area contributed by atoms with Gasteiger partial charge in [0.2, 0.25) is 5.78 Å². The molecule has 1 aliphatic heterocycles. The van der Waals surface area contributed by atoms with E-state index in [-0.39, 0.29) is 11.5 Å². The summed E-state index contributed by atoms with van der Waals surface area (Å²) in [6.07, 6.45) is 1.61. The molecule has 6 nitrogen and oxygen atoms in total. The van der Waals surface area contributed by atoms with Crippen LogP contribution in [0.1, 0.15) is 28.4 Å². The fourth-order valence-electron chi connectivity index (χ4n) is 2.80. The second-order valence-electron chi connectivity index (χ2n) is 5.68. The van der Waals surface area contributed by atoms with Gasteiger partial charge in [-0.3, -0.25) is 9.59 Å². The van der Waals surface area contributed by atoms with Crippen LogP contribution in [0.5, 0.6) is 23.0 Å². The Morgan fingerprint density at radius 1 is 1.08 bits per heavy atom.